The van der Waals surface area contributed by atoms with Crippen molar-refractivity contribution < 1.29 is 14.6 Å². The van der Waals surface area contributed by atoms with Gasteiger partial charge in [0.05, 0.1) is 0 Å². The molecule has 92 valence electrons. The maximum Gasteiger partial charge on any atom is 0.407 e. The van der Waals surface area contributed by atoms with Crippen LogP contribution in [0.2, 0.25) is 0 Å². The number of carbonyl (C=O) groups is 1. The van der Waals surface area contributed by atoms with Crippen molar-refractivity contribution in [2.75, 3.05) is 13.1 Å². The molecule has 0 saturated carbocycles. The fraction of sp³-hybridized carbons (Fsp3) is 0.500. The molecule has 1 aromatic heterocycles. The van der Waals surface area contributed by atoms with Crippen LogP contribution in [0.15, 0.2) is 18.3 Å². The van der Waals surface area contributed by atoms with Gasteiger partial charge in [0.1, 0.15) is 6.10 Å². The van der Waals surface area contributed by atoms with E-state index < -0.39 is 6.09 Å². The molecule has 0 atom stereocenters. The van der Waals surface area contributed by atoms with E-state index in [1.54, 1.807) is 6.20 Å². The molecule has 2 rings (SSSR count). The monoisotopic (exact) mass is 236 g/mol. The molecule has 2 heterocycles. The van der Waals surface area contributed by atoms with Crippen molar-refractivity contribution in [3.63, 3.8) is 0 Å². The van der Waals surface area contributed by atoms with Gasteiger partial charge in [-0.2, -0.15) is 0 Å². The van der Waals surface area contributed by atoms with Crippen molar-refractivity contribution in [3.05, 3.63) is 23.9 Å². The van der Waals surface area contributed by atoms with E-state index in [1.807, 2.05) is 19.1 Å². The van der Waals surface area contributed by atoms with Gasteiger partial charge in [0.2, 0.25) is 5.88 Å². The molecule has 0 spiro atoms. The van der Waals surface area contributed by atoms with Crippen LogP contribution in [0.5, 0.6) is 5.88 Å². The van der Waals surface area contributed by atoms with Crippen LogP contribution in [0.25, 0.3) is 0 Å². The molecule has 1 amide bonds. The van der Waals surface area contributed by atoms with Gasteiger partial charge in [-0.15, -0.1) is 0 Å². The van der Waals surface area contributed by atoms with Crippen molar-refractivity contribution in [1.82, 2.24) is 9.88 Å². The summed E-state index contributed by atoms with van der Waals surface area (Å²) in [6.07, 6.45) is 2.43. The fourth-order valence-electron chi connectivity index (χ4n) is 1.86. The maximum absolute atomic E-state index is 10.7. The molecule has 0 bridgehead atoms. The minimum absolute atomic E-state index is 0.0702. The minimum atomic E-state index is -0.850. The van der Waals surface area contributed by atoms with Gasteiger partial charge >= 0.3 is 6.09 Å². The average molecular weight is 236 g/mol. The topological polar surface area (TPSA) is 62.7 Å². The van der Waals surface area contributed by atoms with Crippen LogP contribution in [-0.4, -0.2) is 40.3 Å². The molecule has 0 unspecified atom stereocenters. The highest BCUT2D eigenvalue weighted by Gasteiger charge is 2.23. The van der Waals surface area contributed by atoms with E-state index in [0.717, 1.165) is 18.4 Å². The maximum atomic E-state index is 10.7. The molecule has 1 fully saturated rings. The number of piperidine rings is 1. The number of aryl methyl sites for hydroxylation is 1. The summed E-state index contributed by atoms with van der Waals surface area (Å²) in [7, 11) is 0. The number of ether oxygens (including phenoxy) is 1. The lowest BCUT2D eigenvalue weighted by Gasteiger charge is -2.29. The average Bonchev–Trinajstić information content (AvgIpc) is 2.33. The van der Waals surface area contributed by atoms with Crippen molar-refractivity contribution in [1.29, 1.82) is 0 Å². The number of carboxylic acid groups (broad SMARTS) is 1. The summed E-state index contributed by atoms with van der Waals surface area (Å²) in [5.41, 5.74) is 1.10. The summed E-state index contributed by atoms with van der Waals surface area (Å²) in [5, 5.41) is 8.82. The number of hydrogen-bond acceptors (Lipinski definition) is 3. The molecular formula is C12H16N2O3. The van der Waals surface area contributed by atoms with Crippen LogP contribution in [-0.2, 0) is 0 Å². The van der Waals surface area contributed by atoms with Crippen molar-refractivity contribution >= 4 is 6.09 Å². The van der Waals surface area contributed by atoms with Crippen LogP contribution in [0.3, 0.4) is 0 Å². The third kappa shape index (κ3) is 3.09. The molecule has 1 aliphatic heterocycles. The Balaban J connectivity index is 1.85. The molecule has 0 aromatic carbocycles. The number of nitrogens with zero attached hydrogens (tertiary/aromatic N) is 2. The highest BCUT2D eigenvalue weighted by Crippen LogP contribution is 2.17. The Hall–Kier alpha value is -1.78. The molecule has 1 N–H and O–H groups in total. The summed E-state index contributed by atoms with van der Waals surface area (Å²) in [5.74, 6) is 0.615. The standard InChI is InChI=1S/C12H16N2O3/c1-9-2-3-11(13-8-9)17-10-4-6-14(7-5-10)12(15)16/h2-3,8,10H,4-7H2,1H3,(H,15,16). The van der Waals surface area contributed by atoms with Gasteiger partial charge in [-0.05, 0) is 12.5 Å². The van der Waals surface area contributed by atoms with Crippen LogP contribution < -0.4 is 4.74 Å². The molecule has 1 saturated heterocycles. The van der Waals surface area contributed by atoms with Gasteiger partial charge in [-0.3, -0.25) is 0 Å². The van der Waals surface area contributed by atoms with Crippen LogP contribution >= 0.6 is 0 Å². The number of hydrogen-bond donors (Lipinski definition) is 1. The lowest BCUT2D eigenvalue weighted by molar-refractivity contribution is 0.0871. The zero-order valence-corrected chi connectivity index (χ0v) is 9.80. The van der Waals surface area contributed by atoms with Crippen LogP contribution in [0, 0.1) is 6.92 Å². The number of pyridine rings is 1. The van der Waals surface area contributed by atoms with Gasteiger partial charge < -0.3 is 14.7 Å². The highest BCUT2D eigenvalue weighted by molar-refractivity contribution is 5.65. The Morgan fingerprint density at radius 3 is 2.71 bits per heavy atom. The van der Waals surface area contributed by atoms with E-state index in [0.29, 0.717) is 19.0 Å². The number of rotatable bonds is 2. The summed E-state index contributed by atoms with van der Waals surface area (Å²) in [6, 6.07) is 3.80. The van der Waals surface area contributed by atoms with Gasteiger partial charge in [-0.1, -0.05) is 6.07 Å². The molecular weight excluding hydrogens is 220 g/mol. The van der Waals surface area contributed by atoms with Crippen LogP contribution in [0.4, 0.5) is 4.79 Å². The van der Waals surface area contributed by atoms with E-state index >= 15 is 0 Å². The third-order valence-electron chi connectivity index (χ3n) is 2.88. The first kappa shape index (κ1) is 11.7. The summed E-state index contributed by atoms with van der Waals surface area (Å²) in [6.45, 7) is 3.04. The first-order valence-electron chi connectivity index (χ1n) is 5.72. The second kappa shape index (κ2) is 5.03. The van der Waals surface area contributed by atoms with E-state index in [4.69, 9.17) is 9.84 Å². The lowest BCUT2D eigenvalue weighted by atomic mass is 10.1. The Morgan fingerprint density at radius 1 is 1.47 bits per heavy atom. The van der Waals surface area contributed by atoms with E-state index in [9.17, 15) is 4.79 Å². The molecule has 0 aliphatic carbocycles. The zero-order chi connectivity index (χ0) is 12.3. The smallest absolute Gasteiger partial charge is 0.407 e. The molecule has 5 heteroatoms. The van der Waals surface area contributed by atoms with Gasteiger partial charge in [0.15, 0.2) is 0 Å². The minimum Gasteiger partial charge on any atom is -0.474 e. The van der Waals surface area contributed by atoms with Gasteiger partial charge in [0.25, 0.3) is 0 Å². The van der Waals surface area contributed by atoms with E-state index in [-0.39, 0.29) is 6.10 Å². The Kier molecular flexibility index (Phi) is 3.46. The highest BCUT2D eigenvalue weighted by atomic mass is 16.5. The molecule has 1 aromatic rings. The number of likely N-dealkylation sites (tertiary alicyclic amines) is 1. The third-order valence-corrected chi connectivity index (χ3v) is 2.88. The normalized spacial score (nSPS) is 16.9. The number of aromatic nitrogens is 1. The fourth-order valence-corrected chi connectivity index (χ4v) is 1.86. The molecule has 17 heavy (non-hydrogen) atoms. The molecule has 5 nitrogen and oxygen atoms in total. The Labute approximate surface area is 100 Å². The zero-order valence-electron chi connectivity index (χ0n) is 9.80. The molecule has 1 aliphatic rings. The first-order chi connectivity index (χ1) is 8.15. The quantitative estimate of drug-likeness (QED) is 0.852. The van der Waals surface area contributed by atoms with Crippen LogP contribution in [0.1, 0.15) is 18.4 Å². The second-order valence-corrected chi connectivity index (χ2v) is 4.26. The second-order valence-electron chi connectivity index (χ2n) is 4.26. The summed E-state index contributed by atoms with van der Waals surface area (Å²) in [4.78, 5) is 16.3. The molecule has 0 radical (unpaired) electrons. The predicted molar refractivity (Wildman–Crippen MR) is 62.2 cm³/mol. The Morgan fingerprint density at radius 2 is 2.18 bits per heavy atom. The predicted octanol–water partition coefficient (Wildman–Crippen LogP) is 1.91. The first-order valence-corrected chi connectivity index (χ1v) is 5.72. The SMILES string of the molecule is Cc1ccc(OC2CCN(C(=O)O)CC2)nc1. The summed E-state index contributed by atoms with van der Waals surface area (Å²) >= 11 is 0. The van der Waals surface area contributed by atoms with Crippen molar-refractivity contribution in [2.24, 2.45) is 0 Å². The summed E-state index contributed by atoms with van der Waals surface area (Å²) < 4.78 is 5.71. The van der Waals surface area contributed by atoms with Crippen molar-refractivity contribution in [3.8, 4) is 5.88 Å². The lowest BCUT2D eigenvalue weighted by Crippen LogP contribution is -2.41. The largest absolute Gasteiger partial charge is 0.474 e. The van der Waals surface area contributed by atoms with E-state index in [1.165, 1.54) is 4.90 Å². The van der Waals surface area contributed by atoms with Crippen molar-refractivity contribution in [2.45, 2.75) is 25.9 Å². The van der Waals surface area contributed by atoms with Gasteiger partial charge in [-0.25, -0.2) is 9.78 Å². The van der Waals surface area contributed by atoms with Gasteiger partial charge in [0, 0.05) is 38.2 Å². The number of amides is 1. The van der Waals surface area contributed by atoms with E-state index in [2.05, 4.69) is 4.98 Å². The Bertz CT molecular complexity index is 383.